The Morgan fingerprint density at radius 2 is 1.73 bits per heavy atom. The molecule has 1 heterocycles. The largest absolute Gasteiger partial charge is 0.340 e. The van der Waals surface area contributed by atoms with Crippen LogP contribution in [0.1, 0.15) is 5.56 Å². The molecule has 0 spiro atoms. The van der Waals surface area contributed by atoms with Gasteiger partial charge < -0.3 is 5.32 Å². The lowest BCUT2D eigenvalue weighted by Gasteiger charge is -2.07. The van der Waals surface area contributed by atoms with Gasteiger partial charge >= 0.3 is 0 Å². The van der Waals surface area contributed by atoms with Crippen LogP contribution in [0.3, 0.4) is 0 Å². The maximum atomic E-state index is 4.54. The number of anilines is 2. The van der Waals surface area contributed by atoms with Gasteiger partial charge in [-0.3, -0.25) is 0 Å². The molecule has 0 atom stereocenters. The van der Waals surface area contributed by atoms with Gasteiger partial charge in [0.05, 0.1) is 0 Å². The average Bonchev–Trinajstić information content (AvgIpc) is 2.55. The molecule has 0 radical (unpaired) electrons. The van der Waals surface area contributed by atoms with Crippen LogP contribution in [0.25, 0.3) is 0 Å². The minimum atomic E-state index is 0.761. The first kappa shape index (κ1) is 15.1. The number of nitrogens with zero attached hydrogens (tertiary/aromatic N) is 2. The third-order valence-corrected chi connectivity index (χ3v) is 4.68. The van der Waals surface area contributed by atoms with Gasteiger partial charge in [0, 0.05) is 22.1 Å². The SMILES string of the molecule is Brc1ccccc1CSc1nccc(Nc2ccccc2)n1. The maximum Gasteiger partial charge on any atom is 0.189 e. The molecule has 3 nitrogen and oxygen atoms in total. The zero-order valence-electron chi connectivity index (χ0n) is 11.7. The summed E-state index contributed by atoms with van der Waals surface area (Å²) in [4.78, 5) is 8.86. The highest BCUT2D eigenvalue weighted by Crippen LogP contribution is 2.25. The third kappa shape index (κ3) is 4.08. The monoisotopic (exact) mass is 371 g/mol. The number of benzene rings is 2. The van der Waals surface area contributed by atoms with E-state index >= 15 is 0 Å². The summed E-state index contributed by atoms with van der Waals surface area (Å²) in [6.07, 6.45) is 1.78. The summed E-state index contributed by atoms with van der Waals surface area (Å²) in [5.74, 6) is 1.63. The highest BCUT2D eigenvalue weighted by molar-refractivity contribution is 9.10. The van der Waals surface area contributed by atoms with E-state index in [1.54, 1.807) is 18.0 Å². The third-order valence-electron chi connectivity index (χ3n) is 2.99. The molecule has 22 heavy (non-hydrogen) atoms. The Hall–Kier alpha value is -1.85. The molecular weight excluding hydrogens is 358 g/mol. The Kier molecular flexibility index (Phi) is 5.08. The second-order valence-electron chi connectivity index (χ2n) is 4.60. The lowest BCUT2D eigenvalue weighted by Crippen LogP contribution is -1.96. The highest BCUT2D eigenvalue weighted by atomic mass is 79.9. The molecule has 0 fully saturated rings. The first-order chi connectivity index (χ1) is 10.8. The second-order valence-corrected chi connectivity index (χ2v) is 6.39. The van der Waals surface area contributed by atoms with Crippen LogP contribution in [0.2, 0.25) is 0 Å². The van der Waals surface area contributed by atoms with Crippen LogP contribution >= 0.6 is 27.7 Å². The maximum absolute atomic E-state index is 4.54. The fraction of sp³-hybridized carbons (Fsp3) is 0.0588. The molecule has 0 bridgehead atoms. The van der Waals surface area contributed by atoms with Crippen molar-refractivity contribution in [3.8, 4) is 0 Å². The number of hydrogen-bond donors (Lipinski definition) is 1. The zero-order valence-corrected chi connectivity index (χ0v) is 14.1. The highest BCUT2D eigenvalue weighted by Gasteiger charge is 2.04. The zero-order chi connectivity index (χ0) is 15.2. The Balaban J connectivity index is 1.68. The molecule has 0 unspecified atom stereocenters. The number of halogens is 1. The predicted molar refractivity (Wildman–Crippen MR) is 95.5 cm³/mol. The number of thioether (sulfide) groups is 1. The van der Waals surface area contributed by atoms with Crippen LogP contribution < -0.4 is 5.32 Å². The summed E-state index contributed by atoms with van der Waals surface area (Å²) in [6.45, 7) is 0. The molecule has 2 aromatic carbocycles. The van der Waals surface area contributed by atoms with E-state index in [1.165, 1.54) is 5.56 Å². The topological polar surface area (TPSA) is 37.8 Å². The van der Waals surface area contributed by atoms with Crippen LogP contribution in [-0.4, -0.2) is 9.97 Å². The lowest BCUT2D eigenvalue weighted by molar-refractivity contribution is 0.971. The minimum absolute atomic E-state index is 0.761. The van der Waals surface area contributed by atoms with Crippen molar-refractivity contribution in [3.63, 3.8) is 0 Å². The van der Waals surface area contributed by atoms with Crippen LogP contribution in [-0.2, 0) is 5.75 Å². The van der Waals surface area contributed by atoms with E-state index in [-0.39, 0.29) is 0 Å². The normalized spacial score (nSPS) is 10.4. The molecule has 0 amide bonds. The van der Waals surface area contributed by atoms with Crippen LogP contribution in [0.5, 0.6) is 0 Å². The van der Waals surface area contributed by atoms with Crippen molar-refractivity contribution in [3.05, 3.63) is 76.9 Å². The number of hydrogen-bond acceptors (Lipinski definition) is 4. The number of nitrogens with one attached hydrogen (secondary N) is 1. The minimum Gasteiger partial charge on any atom is -0.340 e. The molecule has 0 aliphatic heterocycles. The molecule has 1 aromatic heterocycles. The van der Waals surface area contributed by atoms with E-state index in [0.29, 0.717) is 0 Å². The summed E-state index contributed by atoms with van der Waals surface area (Å²) < 4.78 is 1.11. The first-order valence-electron chi connectivity index (χ1n) is 6.82. The van der Waals surface area contributed by atoms with Gasteiger partial charge in [-0.2, -0.15) is 0 Å². The smallest absolute Gasteiger partial charge is 0.189 e. The van der Waals surface area contributed by atoms with Gasteiger partial charge in [0.15, 0.2) is 5.16 Å². The van der Waals surface area contributed by atoms with Crippen LogP contribution in [0, 0.1) is 0 Å². The lowest BCUT2D eigenvalue weighted by atomic mass is 10.2. The van der Waals surface area contributed by atoms with Crippen molar-refractivity contribution in [1.82, 2.24) is 9.97 Å². The molecule has 3 aromatic rings. The van der Waals surface area contributed by atoms with Gasteiger partial charge in [-0.15, -0.1) is 0 Å². The van der Waals surface area contributed by atoms with Crippen molar-refractivity contribution in [2.75, 3.05) is 5.32 Å². The van der Waals surface area contributed by atoms with Gasteiger partial charge in [-0.05, 0) is 29.8 Å². The van der Waals surface area contributed by atoms with E-state index in [1.807, 2.05) is 54.6 Å². The van der Waals surface area contributed by atoms with E-state index in [4.69, 9.17) is 0 Å². The quantitative estimate of drug-likeness (QED) is 0.489. The molecule has 5 heteroatoms. The summed E-state index contributed by atoms with van der Waals surface area (Å²) in [7, 11) is 0. The second kappa shape index (κ2) is 7.42. The molecule has 0 saturated carbocycles. The fourth-order valence-corrected chi connectivity index (χ4v) is 3.35. The Bertz CT molecular complexity index is 750. The van der Waals surface area contributed by atoms with Crippen molar-refractivity contribution >= 4 is 39.2 Å². The van der Waals surface area contributed by atoms with Crippen molar-refractivity contribution < 1.29 is 0 Å². The number of rotatable bonds is 5. The predicted octanol–water partition coefficient (Wildman–Crippen LogP) is 5.28. The Morgan fingerprint density at radius 1 is 0.955 bits per heavy atom. The van der Waals surface area contributed by atoms with Gasteiger partial charge in [-0.25, -0.2) is 9.97 Å². The molecule has 0 saturated heterocycles. The Labute approximate surface area is 142 Å². The van der Waals surface area contributed by atoms with Crippen molar-refractivity contribution in [1.29, 1.82) is 0 Å². The van der Waals surface area contributed by atoms with Crippen molar-refractivity contribution in [2.45, 2.75) is 10.9 Å². The summed E-state index contributed by atoms with van der Waals surface area (Å²) >= 11 is 5.18. The van der Waals surface area contributed by atoms with Crippen LogP contribution in [0.15, 0.2) is 76.5 Å². The van der Waals surface area contributed by atoms with Crippen molar-refractivity contribution in [2.24, 2.45) is 0 Å². The average molecular weight is 372 g/mol. The van der Waals surface area contributed by atoms with E-state index < -0.39 is 0 Å². The standard InChI is InChI=1S/C17H14BrN3S/c18-15-9-5-4-6-13(15)12-22-17-19-11-10-16(21-17)20-14-7-2-1-3-8-14/h1-11H,12H2,(H,19,20,21). The fourth-order valence-electron chi connectivity index (χ4n) is 1.91. The van der Waals surface area contributed by atoms with Crippen LogP contribution in [0.4, 0.5) is 11.5 Å². The first-order valence-corrected chi connectivity index (χ1v) is 8.60. The molecule has 1 N–H and O–H groups in total. The summed E-state index contributed by atoms with van der Waals surface area (Å²) in [5.41, 5.74) is 2.25. The van der Waals surface area contributed by atoms with Gasteiger partial charge in [0.2, 0.25) is 0 Å². The van der Waals surface area contributed by atoms with Gasteiger partial charge in [0.25, 0.3) is 0 Å². The Morgan fingerprint density at radius 3 is 2.55 bits per heavy atom. The molecule has 0 aliphatic rings. The number of aromatic nitrogens is 2. The van der Waals surface area contributed by atoms with Gasteiger partial charge in [0.1, 0.15) is 5.82 Å². The summed E-state index contributed by atoms with van der Waals surface area (Å²) in [5, 5.41) is 4.04. The van der Waals surface area contributed by atoms with E-state index in [0.717, 1.165) is 26.9 Å². The van der Waals surface area contributed by atoms with Gasteiger partial charge in [-0.1, -0.05) is 64.1 Å². The molecule has 3 rings (SSSR count). The molecule has 0 aliphatic carbocycles. The van der Waals surface area contributed by atoms with E-state index in [9.17, 15) is 0 Å². The molecular formula is C17H14BrN3S. The summed E-state index contributed by atoms with van der Waals surface area (Å²) in [6, 6.07) is 20.1. The van der Waals surface area contributed by atoms with E-state index in [2.05, 4.69) is 37.3 Å². The number of para-hydroxylation sites is 1. The molecule has 110 valence electrons.